The number of hydrogen-bond donors (Lipinski definition) is 6. The average Bonchev–Trinajstić information content (AvgIpc) is 3.01. The van der Waals surface area contributed by atoms with E-state index >= 15 is 0 Å². The summed E-state index contributed by atoms with van der Waals surface area (Å²) in [6.45, 7) is 0.0384. The van der Waals surface area contributed by atoms with E-state index in [1.165, 1.54) is 14.2 Å². The number of benzene rings is 2. The van der Waals surface area contributed by atoms with Crippen LogP contribution >= 0.6 is 0 Å². The van der Waals surface area contributed by atoms with Gasteiger partial charge in [-0.3, -0.25) is 9.59 Å². The first kappa shape index (κ1) is 40.8. The zero-order valence-electron chi connectivity index (χ0n) is 25.7. The molecule has 0 aliphatic carbocycles. The number of primary amides is 2. The number of hydrogen-bond acceptors (Lipinski definition) is 10. The van der Waals surface area contributed by atoms with Gasteiger partial charge in [-0.2, -0.15) is 0 Å². The van der Waals surface area contributed by atoms with Crippen molar-refractivity contribution in [2.24, 2.45) is 11.5 Å². The van der Waals surface area contributed by atoms with Gasteiger partial charge < -0.3 is 51.3 Å². The summed E-state index contributed by atoms with van der Waals surface area (Å²) in [4.78, 5) is 66.1. The molecule has 0 aromatic heterocycles. The van der Waals surface area contributed by atoms with Gasteiger partial charge in [-0.05, 0) is 24.0 Å². The van der Waals surface area contributed by atoms with Crippen molar-refractivity contribution in [1.29, 1.82) is 0 Å². The summed E-state index contributed by atoms with van der Waals surface area (Å²) in [5.41, 5.74) is 10.8. The molecule has 16 heteroatoms. The van der Waals surface area contributed by atoms with Crippen molar-refractivity contribution in [2.45, 2.75) is 51.0 Å². The molecule has 2 aromatic carbocycles. The van der Waals surface area contributed by atoms with E-state index in [0.29, 0.717) is 12.8 Å². The molecule has 0 aliphatic rings. The molecule has 254 valence electrons. The number of carbonyl (C=O) groups is 6. The monoisotopic (exact) mass is 650 g/mol. The minimum Gasteiger partial charge on any atom is -0.480 e. The van der Waals surface area contributed by atoms with Gasteiger partial charge in [0.2, 0.25) is 11.8 Å². The summed E-state index contributed by atoms with van der Waals surface area (Å²) < 4.78 is 18.7. The standard InChI is InChI=1S/C24H28N2O8.2C3H7NO2/c27-21(28)19(25-23(31)33-15-17-9-3-1-4-10-17)13-7-8-14-20(22(29)30)26-24(32)34-16-18-11-5-2-6-12-18;2*1-6-2-3(4)5/h1-6,9-12,19-20H,7-8,13-16H2,(H,25,31)(H,26,32)(H,27,28)(H,29,30);2*2H2,1H3,(H2,4,5). The summed E-state index contributed by atoms with van der Waals surface area (Å²) >= 11 is 0. The van der Waals surface area contributed by atoms with Crippen LogP contribution in [0.3, 0.4) is 0 Å². The minimum atomic E-state index is -1.23. The molecule has 0 saturated carbocycles. The Kier molecular flexibility index (Phi) is 22.3. The van der Waals surface area contributed by atoms with E-state index in [0.717, 1.165) is 11.1 Å². The van der Waals surface area contributed by atoms with Gasteiger partial charge in [0.05, 0.1) is 0 Å². The van der Waals surface area contributed by atoms with Crippen LogP contribution in [0.5, 0.6) is 0 Å². The molecule has 2 aromatic rings. The first-order valence-corrected chi connectivity index (χ1v) is 13.8. The molecule has 2 rings (SSSR count). The number of carboxylic acid groups (broad SMARTS) is 2. The lowest BCUT2D eigenvalue weighted by Crippen LogP contribution is -2.42. The van der Waals surface area contributed by atoms with E-state index in [-0.39, 0.29) is 39.3 Å². The van der Waals surface area contributed by atoms with Crippen LogP contribution in [0.2, 0.25) is 0 Å². The second-order valence-electron chi connectivity index (χ2n) is 9.28. The van der Waals surface area contributed by atoms with Gasteiger partial charge in [-0.25, -0.2) is 19.2 Å². The minimum absolute atomic E-state index is 0.00530. The summed E-state index contributed by atoms with van der Waals surface area (Å²) in [5, 5.41) is 23.3. The Bertz CT molecular complexity index is 1110. The van der Waals surface area contributed by atoms with Gasteiger partial charge in [0, 0.05) is 14.2 Å². The SMILES string of the molecule is COCC(N)=O.COCC(N)=O.O=C(NC(CCCCC(NC(=O)OCc1ccccc1)C(=O)O)C(=O)O)OCc1ccccc1. The third-order valence-corrected chi connectivity index (χ3v) is 5.41. The highest BCUT2D eigenvalue weighted by molar-refractivity contribution is 5.80. The lowest BCUT2D eigenvalue weighted by molar-refractivity contribution is -0.140. The number of ether oxygens (including phenoxy) is 4. The highest BCUT2D eigenvalue weighted by atomic mass is 16.6. The van der Waals surface area contributed by atoms with E-state index in [1.807, 2.05) is 12.1 Å². The van der Waals surface area contributed by atoms with Crippen molar-refractivity contribution < 1.29 is 57.9 Å². The van der Waals surface area contributed by atoms with E-state index in [4.69, 9.17) is 9.47 Å². The number of aliphatic carboxylic acids is 2. The Hall–Kier alpha value is -5.22. The lowest BCUT2D eigenvalue weighted by atomic mass is 10.0. The number of alkyl carbamates (subject to hydrolysis) is 2. The van der Waals surface area contributed by atoms with Gasteiger partial charge in [-0.1, -0.05) is 73.5 Å². The highest BCUT2D eigenvalue weighted by Gasteiger charge is 2.23. The fourth-order valence-electron chi connectivity index (χ4n) is 3.31. The van der Waals surface area contributed by atoms with Crippen LogP contribution in [-0.2, 0) is 51.3 Å². The molecule has 0 saturated heterocycles. The largest absolute Gasteiger partial charge is 0.480 e. The molecule has 0 aliphatic heterocycles. The van der Waals surface area contributed by atoms with Crippen molar-refractivity contribution in [1.82, 2.24) is 10.6 Å². The van der Waals surface area contributed by atoms with Gasteiger partial charge in [0.15, 0.2) is 0 Å². The molecule has 2 atom stereocenters. The number of methoxy groups -OCH3 is 2. The second kappa shape index (κ2) is 25.1. The van der Waals surface area contributed by atoms with Crippen molar-refractivity contribution in [3.63, 3.8) is 0 Å². The molecule has 16 nitrogen and oxygen atoms in total. The molecule has 0 bridgehead atoms. The zero-order valence-corrected chi connectivity index (χ0v) is 25.7. The molecular formula is C30H42N4O12. The Morgan fingerprint density at radius 2 is 0.957 bits per heavy atom. The Morgan fingerprint density at radius 1 is 0.630 bits per heavy atom. The first-order valence-electron chi connectivity index (χ1n) is 13.8. The van der Waals surface area contributed by atoms with Crippen LogP contribution in [0.1, 0.15) is 36.8 Å². The summed E-state index contributed by atoms with van der Waals surface area (Å²) in [5.74, 6) is -3.32. The third-order valence-electron chi connectivity index (χ3n) is 5.41. The zero-order chi connectivity index (χ0) is 34.7. The number of carbonyl (C=O) groups excluding carboxylic acids is 4. The Balaban J connectivity index is 0.00000142. The molecular weight excluding hydrogens is 608 g/mol. The van der Waals surface area contributed by atoms with Crippen LogP contribution in [0.25, 0.3) is 0 Å². The van der Waals surface area contributed by atoms with Crippen LogP contribution < -0.4 is 22.1 Å². The maximum Gasteiger partial charge on any atom is 0.408 e. The summed E-state index contributed by atoms with van der Waals surface area (Å²) in [6.07, 6.45) is -0.966. The molecule has 0 fully saturated rings. The molecule has 46 heavy (non-hydrogen) atoms. The Morgan fingerprint density at radius 3 is 1.20 bits per heavy atom. The molecule has 0 heterocycles. The van der Waals surface area contributed by atoms with Gasteiger partial charge in [0.1, 0.15) is 38.5 Å². The molecule has 2 unspecified atom stereocenters. The number of nitrogens with one attached hydrogen (secondary N) is 2. The van der Waals surface area contributed by atoms with Crippen molar-refractivity contribution in [2.75, 3.05) is 27.4 Å². The van der Waals surface area contributed by atoms with Crippen molar-refractivity contribution >= 4 is 35.9 Å². The molecule has 4 amide bonds. The quantitative estimate of drug-likeness (QED) is 0.133. The number of carboxylic acids is 2. The second-order valence-corrected chi connectivity index (χ2v) is 9.28. The van der Waals surface area contributed by atoms with Crippen molar-refractivity contribution in [3.05, 3.63) is 71.8 Å². The van der Waals surface area contributed by atoms with Crippen LogP contribution in [0.4, 0.5) is 9.59 Å². The summed E-state index contributed by atoms with van der Waals surface area (Å²) in [6, 6.07) is 15.5. The molecule has 8 N–H and O–H groups in total. The van der Waals surface area contributed by atoms with Gasteiger partial charge >= 0.3 is 24.1 Å². The predicted molar refractivity (Wildman–Crippen MR) is 163 cm³/mol. The maximum atomic E-state index is 11.9. The lowest BCUT2D eigenvalue weighted by Gasteiger charge is -2.16. The first-order chi connectivity index (χ1) is 21.9. The third kappa shape index (κ3) is 22.3. The summed E-state index contributed by atoms with van der Waals surface area (Å²) in [7, 11) is 2.84. The normalized spacial score (nSPS) is 11.1. The van der Waals surface area contributed by atoms with Crippen LogP contribution in [0.15, 0.2) is 60.7 Å². The van der Waals surface area contributed by atoms with E-state index in [9.17, 15) is 39.0 Å². The van der Waals surface area contributed by atoms with Gasteiger partial charge in [0.25, 0.3) is 0 Å². The smallest absolute Gasteiger partial charge is 0.408 e. The maximum absolute atomic E-state index is 11.9. The highest BCUT2D eigenvalue weighted by Crippen LogP contribution is 2.09. The van der Waals surface area contributed by atoms with Gasteiger partial charge in [-0.15, -0.1) is 0 Å². The number of unbranched alkanes of at least 4 members (excludes halogenated alkanes) is 1. The Labute approximate surface area is 266 Å². The number of amides is 4. The average molecular weight is 651 g/mol. The molecule has 0 spiro atoms. The predicted octanol–water partition coefficient (Wildman–Crippen LogP) is 1.54. The fraction of sp³-hybridized carbons (Fsp3) is 0.400. The van der Waals surface area contributed by atoms with Crippen LogP contribution in [-0.4, -0.2) is 85.7 Å². The van der Waals surface area contributed by atoms with E-state index in [1.54, 1.807) is 48.5 Å². The van der Waals surface area contributed by atoms with E-state index in [2.05, 4.69) is 31.6 Å². The fourth-order valence-corrected chi connectivity index (χ4v) is 3.31. The number of rotatable bonds is 17. The van der Waals surface area contributed by atoms with Crippen molar-refractivity contribution in [3.8, 4) is 0 Å². The number of nitrogens with two attached hydrogens (primary N) is 2. The van der Waals surface area contributed by atoms with E-state index < -0.39 is 48.0 Å². The topological polar surface area (TPSA) is 256 Å². The van der Waals surface area contributed by atoms with Crippen LogP contribution in [0, 0.1) is 0 Å². The molecule has 0 radical (unpaired) electrons.